The molecule has 0 aliphatic carbocycles. The molecule has 0 bridgehead atoms. The van der Waals surface area contributed by atoms with E-state index in [2.05, 4.69) is 14.8 Å². The molecule has 76 valence electrons. The highest BCUT2D eigenvalue weighted by Gasteiger charge is 2.41. The zero-order chi connectivity index (χ0) is 9.14. The van der Waals surface area contributed by atoms with Crippen molar-refractivity contribution >= 4 is 0 Å². The Labute approximate surface area is 74.0 Å². The fourth-order valence-corrected chi connectivity index (χ4v) is 0.997. The molecular formula is C5H12N4O4. The Balaban J connectivity index is 0.00000144. The second kappa shape index (κ2) is 4.97. The Morgan fingerprint density at radius 1 is 1.31 bits per heavy atom. The molecule has 0 aromatic heterocycles. The summed E-state index contributed by atoms with van der Waals surface area (Å²) in [6, 6.07) is 0. The number of rotatable bonds is 2. The third-order valence-electron chi connectivity index (χ3n) is 1.66. The van der Waals surface area contributed by atoms with Crippen LogP contribution in [-0.2, 0) is 4.74 Å². The van der Waals surface area contributed by atoms with Crippen molar-refractivity contribution < 1.29 is 20.1 Å². The fraction of sp³-hybridized carbons (Fsp3) is 1.00. The lowest BCUT2D eigenvalue weighted by Gasteiger charge is -2.10. The van der Waals surface area contributed by atoms with Crippen molar-refractivity contribution in [3.63, 3.8) is 0 Å². The topological polar surface area (TPSA) is 154 Å². The van der Waals surface area contributed by atoms with Gasteiger partial charge in [-0.25, -0.2) is 0 Å². The van der Waals surface area contributed by atoms with Gasteiger partial charge in [-0.05, 0) is 5.53 Å². The Hall–Kier alpha value is -0.890. The van der Waals surface area contributed by atoms with Crippen LogP contribution in [0.3, 0.4) is 0 Å². The number of hydrogen-bond acceptors (Lipinski definition) is 6. The smallest absolute Gasteiger partial charge is 0.183 e. The van der Waals surface area contributed by atoms with E-state index in [-0.39, 0.29) is 12.7 Å². The van der Waals surface area contributed by atoms with Crippen molar-refractivity contribution in [2.45, 2.75) is 24.6 Å². The normalized spacial score (nSPS) is 37.8. The molecule has 1 saturated heterocycles. The van der Waals surface area contributed by atoms with E-state index in [0.29, 0.717) is 0 Å². The maximum absolute atomic E-state index is 9.14. The van der Waals surface area contributed by atoms with Crippen LogP contribution in [0.15, 0.2) is 5.11 Å². The highest BCUT2D eigenvalue weighted by atomic mass is 16.6. The summed E-state index contributed by atoms with van der Waals surface area (Å²) in [5.41, 5.74) is 7.94. The Bertz CT molecular complexity index is 207. The number of azide groups is 1. The molecule has 1 heterocycles. The third-order valence-corrected chi connectivity index (χ3v) is 1.66. The van der Waals surface area contributed by atoms with Crippen LogP contribution in [0, 0.1) is 0 Å². The molecule has 1 fully saturated rings. The summed E-state index contributed by atoms with van der Waals surface area (Å²) in [5, 5.41) is 30.1. The van der Waals surface area contributed by atoms with Crippen molar-refractivity contribution in [1.82, 2.24) is 6.15 Å². The Morgan fingerprint density at radius 2 is 1.92 bits per heavy atom. The predicted octanol–water partition coefficient (Wildman–Crippen LogP) is -1.10. The molecule has 0 radical (unpaired) electrons. The first-order chi connectivity index (χ1) is 5.66. The van der Waals surface area contributed by atoms with E-state index >= 15 is 0 Å². The molecule has 1 aliphatic rings. The van der Waals surface area contributed by atoms with E-state index < -0.39 is 24.6 Å². The standard InChI is InChI=1S/C5H9N3O4.H3N/c6-8-7-1-2-3(9)4(10)5(11)12-2;/h2-5,9-11H,1H2;1H3/t2-,3-,4+,5+;/m1./s1. The molecule has 4 atom stereocenters. The molecular weight excluding hydrogens is 180 g/mol. The van der Waals surface area contributed by atoms with Crippen molar-refractivity contribution in [3.05, 3.63) is 10.4 Å². The molecule has 0 aromatic carbocycles. The summed E-state index contributed by atoms with van der Waals surface area (Å²) >= 11 is 0. The van der Waals surface area contributed by atoms with Crippen LogP contribution in [0.1, 0.15) is 0 Å². The van der Waals surface area contributed by atoms with Gasteiger partial charge in [0, 0.05) is 4.91 Å². The molecule has 0 unspecified atom stereocenters. The summed E-state index contributed by atoms with van der Waals surface area (Å²) in [4.78, 5) is 2.45. The van der Waals surface area contributed by atoms with Gasteiger partial charge in [-0.2, -0.15) is 0 Å². The van der Waals surface area contributed by atoms with Gasteiger partial charge in [-0.3, -0.25) is 0 Å². The van der Waals surface area contributed by atoms with Gasteiger partial charge in [-0.15, -0.1) is 0 Å². The van der Waals surface area contributed by atoms with Crippen molar-refractivity contribution in [2.24, 2.45) is 5.11 Å². The second-order valence-corrected chi connectivity index (χ2v) is 2.46. The molecule has 8 heteroatoms. The molecule has 1 aliphatic heterocycles. The number of hydrogen-bond donors (Lipinski definition) is 4. The highest BCUT2D eigenvalue weighted by Crippen LogP contribution is 2.19. The molecule has 1 rings (SSSR count). The number of nitrogens with zero attached hydrogens (tertiary/aromatic N) is 3. The van der Waals surface area contributed by atoms with Crippen LogP contribution in [-0.4, -0.2) is 46.5 Å². The predicted molar refractivity (Wildman–Crippen MR) is 41.9 cm³/mol. The van der Waals surface area contributed by atoms with Gasteiger partial charge in [0.1, 0.15) is 12.2 Å². The van der Waals surface area contributed by atoms with Crippen molar-refractivity contribution in [3.8, 4) is 0 Å². The van der Waals surface area contributed by atoms with Gasteiger partial charge < -0.3 is 26.2 Å². The van der Waals surface area contributed by atoms with Crippen molar-refractivity contribution in [2.75, 3.05) is 6.54 Å². The molecule has 0 aromatic rings. The second-order valence-electron chi connectivity index (χ2n) is 2.46. The number of aliphatic hydroxyl groups is 3. The van der Waals surface area contributed by atoms with Crippen LogP contribution in [0.25, 0.3) is 10.4 Å². The van der Waals surface area contributed by atoms with Crippen LogP contribution < -0.4 is 6.15 Å². The lowest BCUT2D eigenvalue weighted by molar-refractivity contribution is -0.125. The Kier molecular flexibility index (Phi) is 4.63. The van der Waals surface area contributed by atoms with Crippen LogP contribution in [0.2, 0.25) is 0 Å². The lowest BCUT2D eigenvalue weighted by atomic mass is 10.1. The molecule has 0 amide bonds. The lowest BCUT2D eigenvalue weighted by Crippen LogP contribution is -2.33. The quantitative estimate of drug-likeness (QED) is 0.248. The largest absolute Gasteiger partial charge is 0.387 e. The van der Waals surface area contributed by atoms with Gasteiger partial charge in [0.2, 0.25) is 0 Å². The van der Waals surface area contributed by atoms with Gasteiger partial charge in [0.25, 0.3) is 0 Å². The molecule has 0 spiro atoms. The minimum absolute atomic E-state index is 0. The van der Waals surface area contributed by atoms with E-state index in [9.17, 15) is 0 Å². The summed E-state index contributed by atoms with van der Waals surface area (Å²) in [5.74, 6) is 0. The third kappa shape index (κ3) is 2.52. The van der Waals surface area contributed by atoms with Gasteiger partial charge in [-0.1, -0.05) is 5.11 Å². The van der Waals surface area contributed by atoms with Crippen LogP contribution in [0.5, 0.6) is 0 Å². The minimum Gasteiger partial charge on any atom is -0.387 e. The average Bonchev–Trinajstić information content (AvgIpc) is 2.30. The summed E-state index contributed by atoms with van der Waals surface area (Å²) in [7, 11) is 0. The van der Waals surface area contributed by atoms with Gasteiger partial charge >= 0.3 is 0 Å². The number of ether oxygens (including phenoxy) is 1. The number of aliphatic hydroxyl groups excluding tert-OH is 3. The molecule has 8 nitrogen and oxygen atoms in total. The first-order valence-electron chi connectivity index (χ1n) is 3.37. The van der Waals surface area contributed by atoms with Crippen LogP contribution in [0.4, 0.5) is 0 Å². The average molecular weight is 192 g/mol. The molecule has 6 N–H and O–H groups in total. The SMILES string of the molecule is N.[N-]=[N+]=NC[C@H]1O[C@H](O)[C@@H](O)[C@@H]1O. The maximum Gasteiger partial charge on any atom is 0.183 e. The summed E-state index contributed by atoms with van der Waals surface area (Å²) < 4.78 is 4.68. The monoisotopic (exact) mass is 192 g/mol. The van der Waals surface area contributed by atoms with Crippen LogP contribution >= 0.6 is 0 Å². The molecule has 0 saturated carbocycles. The van der Waals surface area contributed by atoms with E-state index in [1.165, 1.54) is 0 Å². The molecule has 13 heavy (non-hydrogen) atoms. The summed E-state index contributed by atoms with van der Waals surface area (Å²) in [6.45, 7) is -0.105. The Morgan fingerprint density at radius 3 is 2.31 bits per heavy atom. The van der Waals surface area contributed by atoms with E-state index in [1.54, 1.807) is 0 Å². The zero-order valence-electron chi connectivity index (χ0n) is 6.82. The maximum atomic E-state index is 9.14. The first-order valence-corrected chi connectivity index (χ1v) is 3.37. The first kappa shape index (κ1) is 12.1. The fourth-order valence-electron chi connectivity index (χ4n) is 0.997. The van der Waals surface area contributed by atoms with E-state index in [4.69, 9.17) is 20.9 Å². The van der Waals surface area contributed by atoms with Crippen molar-refractivity contribution in [1.29, 1.82) is 0 Å². The minimum atomic E-state index is -1.40. The van der Waals surface area contributed by atoms with E-state index in [1.807, 2.05) is 0 Å². The van der Waals surface area contributed by atoms with E-state index in [0.717, 1.165) is 0 Å². The van der Waals surface area contributed by atoms with Gasteiger partial charge in [0.15, 0.2) is 6.29 Å². The summed E-state index contributed by atoms with van der Waals surface area (Å²) in [6.07, 6.45) is -4.76. The van der Waals surface area contributed by atoms with Gasteiger partial charge in [0.05, 0.1) is 12.6 Å². The highest BCUT2D eigenvalue weighted by molar-refractivity contribution is 4.86. The zero-order valence-corrected chi connectivity index (χ0v) is 6.82.